The van der Waals surface area contributed by atoms with E-state index < -0.39 is 17.2 Å². The van der Waals surface area contributed by atoms with Gasteiger partial charge in [-0.15, -0.1) is 0 Å². The number of aromatic amines is 1. The normalized spacial score (nSPS) is 11.1. The number of nitrogens with zero attached hydrogens (tertiary/aromatic N) is 3. The van der Waals surface area contributed by atoms with Gasteiger partial charge in [0, 0.05) is 13.1 Å². The molecule has 0 spiro atoms. The van der Waals surface area contributed by atoms with Crippen LogP contribution in [0.15, 0.2) is 33.9 Å². The van der Waals surface area contributed by atoms with Crippen molar-refractivity contribution in [3.8, 4) is 0 Å². The van der Waals surface area contributed by atoms with Crippen molar-refractivity contribution in [1.82, 2.24) is 19.1 Å². The fourth-order valence-corrected chi connectivity index (χ4v) is 3.22. The first-order valence-electron chi connectivity index (χ1n) is 9.92. The molecule has 1 N–H and O–H groups in total. The molecule has 8 nitrogen and oxygen atoms in total. The second-order valence-corrected chi connectivity index (χ2v) is 7.06. The fourth-order valence-electron chi connectivity index (χ4n) is 3.22. The second kappa shape index (κ2) is 8.89. The van der Waals surface area contributed by atoms with Crippen LogP contribution < -0.4 is 11.2 Å². The Morgan fingerprint density at radius 2 is 1.79 bits per heavy atom. The lowest BCUT2D eigenvalue weighted by Crippen LogP contribution is -2.31. The molecule has 0 saturated carbocycles. The number of nitrogens with one attached hydrogen (secondary N) is 1. The highest BCUT2D eigenvalue weighted by Gasteiger charge is 2.19. The van der Waals surface area contributed by atoms with Gasteiger partial charge in [-0.05, 0) is 31.9 Å². The highest BCUT2D eigenvalue weighted by Crippen LogP contribution is 2.15. The number of carbonyl (C=O) groups excluding carboxylic acids is 1. The van der Waals surface area contributed by atoms with Crippen LogP contribution in [-0.2, 0) is 24.4 Å². The third-order valence-electron chi connectivity index (χ3n) is 4.77. The number of aryl methyl sites for hydroxylation is 3. The van der Waals surface area contributed by atoms with Crippen LogP contribution >= 0.6 is 0 Å². The van der Waals surface area contributed by atoms with Crippen LogP contribution in [0.1, 0.15) is 54.9 Å². The van der Waals surface area contributed by atoms with Gasteiger partial charge in [-0.1, -0.05) is 38.0 Å². The minimum atomic E-state index is -0.477. The van der Waals surface area contributed by atoms with Crippen molar-refractivity contribution in [2.45, 2.75) is 59.7 Å². The van der Waals surface area contributed by atoms with Crippen molar-refractivity contribution in [2.24, 2.45) is 0 Å². The first-order chi connectivity index (χ1) is 14.0. The molecular weight excluding hydrogens is 372 g/mol. The van der Waals surface area contributed by atoms with Gasteiger partial charge in [-0.25, -0.2) is 14.6 Å². The number of H-pyrrole nitrogens is 1. The predicted molar refractivity (Wildman–Crippen MR) is 110 cm³/mol. The number of hydrogen-bond acceptors (Lipinski definition) is 5. The lowest BCUT2D eigenvalue weighted by atomic mass is 10.1. The molecule has 0 aliphatic rings. The lowest BCUT2D eigenvalue weighted by molar-refractivity contribution is 0.0458. The van der Waals surface area contributed by atoms with E-state index >= 15 is 0 Å². The molecule has 0 aliphatic carbocycles. The number of esters is 1. The maximum atomic E-state index is 12.5. The maximum Gasteiger partial charge on any atom is 0.338 e. The molecule has 1 aromatic carbocycles. The molecule has 0 amide bonds. The molecule has 8 heteroatoms. The summed E-state index contributed by atoms with van der Waals surface area (Å²) in [6.45, 7) is 6.87. The van der Waals surface area contributed by atoms with Crippen molar-refractivity contribution in [1.29, 1.82) is 0 Å². The van der Waals surface area contributed by atoms with E-state index in [1.54, 1.807) is 16.7 Å². The monoisotopic (exact) mass is 398 g/mol. The zero-order valence-electron chi connectivity index (χ0n) is 17.0. The molecule has 0 fully saturated rings. The van der Waals surface area contributed by atoms with E-state index in [2.05, 4.69) is 9.97 Å². The summed E-state index contributed by atoms with van der Waals surface area (Å²) in [5, 5.41) is 0. The Balaban J connectivity index is 1.98. The number of aromatic nitrogens is 4. The van der Waals surface area contributed by atoms with E-state index in [1.165, 1.54) is 4.57 Å². The van der Waals surface area contributed by atoms with Gasteiger partial charge in [0.1, 0.15) is 12.4 Å². The summed E-state index contributed by atoms with van der Waals surface area (Å²) in [5.41, 5.74) is 1.23. The Kier molecular flexibility index (Phi) is 6.31. The highest BCUT2D eigenvalue weighted by molar-refractivity contribution is 5.89. The number of rotatable bonds is 8. The summed E-state index contributed by atoms with van der Waals surface area (Å²) in [6.07, 6.45) is 2.46. The van der Waals surface area contributed by atoms with Crippen LogP contribution in [0, 0.1) is 6.92 Å². The first kappa shape index (κ1) is 20.6. The molecule has 0 saturated heterocycles. The summed E-state index contributed by atoms with van der Waals surface area (Å²) in [7, 11) is 0. The molecule has 29 heavy (non-hydrogen) atoms. The van der Waals surface area contributed by atoms with Crippen molar-refractivity contribution in [3.05, 3.63) is 62.1 Å². The molecule has 0 aliphatic heterocycles. The van der Waals surface area contributed by atoms with E-state index in [1.807, 2.05) is 32.9 Å². The third-order valence-corrected chi connectivity index (χ3v) is 4.77. The summed E-state index contributed by atoms with van der Waals surface area (Å²) in [4.78, 5) is 44.0. The van der Waals surface area contributed by atoms with Gasteiger partial charge in [0.25, 0.3) is 5.56 Å². The zero-order valence-corrected chi connectivity index (χ0v) is 17.0. The fraction of sp³-hybridized carbons (Fsp3) is 0.429. The summed E-state index contributed by atoms with van der Waals surface area (Å²) in [6, 6.07) is 7.10. The van der Waals surface area contributed by atoms with E-state index in [0.29, 0.717) is 35.6 Å². The second-order valence-electron chi connectivity index (χ2n) is 7.06. The van der Waals surface area contributed by atoms with Crippen LogP contribution in [0.3, 0.4) is 0 Å². The quantitative estimate of drug-likeness (QED) is 0.588. The van der Waals surface area contributed by atoms with Crippen LogP contribution in [0.4, 0.5) is 0 Å². The molecular formula is C21H26N4O4. The Morgan fingerprint density at radius 1 is 1.07 bits per heavy atom. The maximum absolute atomic E-state index is 12.5. The smallest absolute Gasteiger partial charge is 0.338 e. The molecule has 2 heterocycles. The van der Waals surface area contributed by atoms with Crippen LogP contribution in [0.2, 0.25) is 0 Å². The Morgan fingerprint density at radius 3 is 2.45 bits per heavy atom. The summed E-state index contributed by atoms with van der Waals surface area (Å²) < 4.78 is 8.66. The molecule has 154 valence electrons. The van der Waals surface area contributed by atoms with E-state index in [9.17, 15) is 14.4 Å². The number of carbonyl (C=O) groups is 1. The number of benzene rings is 1. The number of fused-ring (bicyclic) bond motifs is 1. The van der Waals surface area contributed by atoms with Gasteiger partial charge in [-0.2, -0.15) is 0 Å². The molecule has 3 rings (SSSR count). The summed E-state index contributed by atoms with van der Waals surface area (Å²) >= 11 is 0. The largest absolute Gasteiger partial charge is 0.454 e. The molecule has 0 atom stereocenters. The van der Waals surface area contributed by atoms with Crippen molar-refractivity contribution < 1.29 is 9.53 Å². The van der Waals surface area contributed by atoms with Gasteiger partial charge in [0.2, 0.25) is 0 Å². The standard InChI is InChI=1S/C21H26N4O4/c1-4-6-12-25-18-17(19(26)23-21(25)28)24(11-5-2)16(22-18)13-29-20(27)15-9-7-14(3)8-10-15/h7-10H,4-6,11-13H2,1-3H3,(H,23,26,28). The molecule has 0 radical (unpaired) electrons. The number of hydrogen-bond donors (Lipinski definition) is 1. The van der Waals surface area contributed by atoms with E-state index in [-0.39, 0.29) is 6.61 Å². The molecule has 3 aromatic rings. The SMILES string of the molecule is CCCCn1c(=O)[nH]c(=O)c2c1nc(COC(=O)c1ccc(C)cc1)n2CCC. The minimum absolute atomic E-state index is 0.0806. The summed E-state index contributed by atoms with van der Waals surface area (Å²) in [5.74, 6) is -0.0129. The zero-order chi connectivity index (χ0) is 21.0. The first-order valence-corrected chi connectivity index (χ1v) is 9.92. The Hall–Kier alpha value is -3.16. The molecule has 2 aromatic heterocycles. The van der Waals surface area contributed by atoms with Crippen LogP contribution in [0.25, 0.3) is 11.2 Å². The topological polar surface area (TPSA) is 99.0 Å². The van der Waals surface area contributed by atoms with E-state index in [4.69, 9.17) is 4.74 Å². The van der Waals surface area contributed by atoms with Gasteiger partial charge < -0.3 is 9.30 Å². The predicted octanol–water partition coefficient (Wildman–Crippen LogP) is 2.76. The number of unbranched alkanes of at least 4 members (excludes halogenated alkanes) is 1. The molecule has 0 bridgehead atoms. The molecule has 0 unspecified atom stereocenters. The van der Waals surface area contributed by atoms with Crippen molar-refractivity contribution in [3.63, 3.8) is 0 Å². The van der Waals surface area contributed by atoms with Gasteiger partial charge in [0.15, 0.2) is 11.2 Å². The number of ether oxygens (including phenoxy) is 1. The van der Waals surface area contributed by atoms with Gasteiger partial charge >= 0.3 is 11.7 Å². The van der Waals surface area contributed by atoms with Crippen LogP contribution in [0.5, 0.6) is 0 Å². The van der Waals surface area contributed by atoms with Crippen LogP contribution in [-0.4, -0.2) is 25.1 Å². The van der Waals surface area contributed by atoms with Gasteiger partial charge in [0.05, 0.1) is 5.56 Å². The van der Waals surface area contributed by atoms with Gasteiger partial charge in [-0.3, -0.25) is 14.3 Å². The minimum Gasteiger partial charge on any atom is -0.454 e. The van der Waals surface area contributed by atoms with E-state index in [0.717, 1.165) is 24.8 Å². The lowest BCUT2D eigenvalue weighted by Gasteiger charge is -2.08. The van der Waals surface area contributed by atoms with Crippen molar-refractivity contribution in [2.75, 3.05) is 0 Å². The third kappa shape index (κ3) is 4.31. The number of imidazole rings is 1. The highest BCUT2D eigenvalue weighted by atomic mass is 16.5. The van der Waals surface area contributed by atoms with Crippen molar-refractivity contribution >= 4 is 17.1 Å². The Bertz CT molecular complexity index is 1120. The Labute approximate surface area is 168 Å². The average molecular weight is 398 g/mol. The average Bonchev–Trinajstić information content (AvgIpc) is 3.05.